The number of carbonyl (C=O) groups excluding carboxylic acids is 2. The van der Waals surface area contributed by atoms with Crippen LogP contribution in [-0.4, -0.2) is 31.4 Å². The Labute approximate surface area is 209 Å². The predicted octanol–water partition coefficient (Wildman–Crippen LogP) is 4.15. The van der Waals surface area contributed by atoms with Gasteiger partial charge in [0.05, 0.1) is 22.6 Å². The third-order valence-electron chi connectivity index (χ3n) is 5.69. The van der Waals surface area contributed by atoms with Crippen LogP contribution in [-0.2, 0) is 11.3 Å². The molecule has 36 heavy (non-hydrogen) atoms. The van der Waals surface area contributed by atoms with Crippen LogP contribution in [0.5, 0.6) is 0 Å². The SMILES string of the molecule is O=C(Nc1ccc(-n2ccncc2=O)cc1F)C1c2ccccc2CN1C(=O)Nc1ccc(Cl)cn1. The lowest BCUT2D eigenvalue weighted by atomic mass is 10.0. The minimum Gasteiger partial charge on any atom is -0.321 e. The van der Waals surface area contributed by atoms with Crippen molar-refractivity contribution in [1.82, 2.24) is 19.4 Å². The van der Waals surface area contributed by atoms with E-state index >= 15 is 0 Å². The molecular weight excluding hydrogens is 487 g/mol. The van der Waals surface area contributed by atoms with Crippen molar-refractivity contribution in [3.8, 4) is 5.69 Å². The highest BCUT2D eigenvalue weighted by Gasteiger charge is 2.38. The van der Waals surface area contributed by atoms with Gasteiger partial charge >= 0.3 is 6.03 Å². The van der Waals surface area contributed by atoms with Crippen molar-refractivity contribution in [3.05, 3.63) is 112 Å². The minimum absolute atomic E-state index is 0.0880. The lowest BCUT2D eigenvalue weighted by Gasteiger charge is -2.25. The number of halogens is 2. The monoisotopic (exact) mass is 504 g/mol. The van der Waals surface area contributed by atoms with E-state index in [1.807, 2.05) is 12.1 Å². The average Bonchev–Trinajstić information content (AvgIpc) is 3.27. The topological polar surface area (TPSA) is 109 Å². The van der Waals surface area contributed by atoms with Crippen molar-refractivity contribution < 1.29 is 14.0 Å². The van der Waals surface area contributed by atoms with E-state index in [2.05, 4.69) is 20.6 Å². The van der Waals surface area contributed by atoms with Crippen molar-refractivity contribution in [3.63, 3.8) is 0 Å². The summed E-state index contributed by atoms with van der Waals surface area (Å²) in [5.41, 5.74) is 1.20. The zero-order chi connectivity index (χ0) is 25.2. The largest absolute Gasteiger partial charge is 0.324 e. The zero-order valence-corrected chi connectivity index (χ0v) is 19.3. The lowest BCUT2D eigenvalue weighted by Crippen LogP contribution is -2.39. The highest BCUT2D eigenvalue weighted by molar-refractivity contribution is 6.30. The molecule has 2 N–H and O–H groups in total. The number of nitrogens with one attached hydrogen (secondary N) is 2. The Balaban J connectivity index is 1.40. The van der Waals surface area contributed by atoms with E-state index < -0.39 is 29.4 Å². The second-order valence-electron chi connectivity index (χ2n) is 7.96. The number of urea groups is 1. The van der Waals surface area contributed by atoms with Gasteiger partial charge in [-0.15, -0.1) is 0 Å². The fourth-order valence-electron chi connectivity index (χ4n) is 4.01. The molecule has 2 aromatic heterocycles. The number of hydrogen-bond donors (Lipinski definition) is 2. The molecule has 1 unspecified atom stereocenters. The lowest BCUT2D eigenvalue weighted by molar-refractivity contribution is -0.120. The van der Waals surface area contributed by atoms with Crippen LogP contribution in [0.25, 0.3) is 5.69 Å². The number of hydrogen-bond acceptors (Lipinski definition) is 5. The number of aromatic nitrogens is 3. The molecule has 0 saturated carbocycles. The average molecular weight is 505 g/mol. The number of carbonyl (C=O) groups is 2. The van der Waals surface area contributed by atoms with Crippen LogP contribution < -0.4 is 16.2 Å². The molecule has 1 atom stereocenters. The molecule has 0 radical (unpaired) electrons. The Morgan fingerprint density at radius 1 is 1.06 bits per heavy atom. The van der Waals surface area contributed by atoms with Gasteiger partial charge in [0.25, 0.3) is 11.5 Å². The second kappa shape index (κ2) is 9.59. The normalized spacial score (nSPS) is 14.3. The quantitative estimate of drug-likeness (QED) is 0.434. The fraction of sp³-hybridized carbons (Fsp3) is 0.0800. The Morgan fingerprint density at radius 2 is 1.89 bits per heavy atom. The molecule has 5 rings (SSSR count). The number of nitrogens with zero attached hydrogens (tertiary/aromatic N) is 4. The van der Waals surface area contributed by atoms with E-state index in [1.165, 1.54) is 40.2 Å². The molecule has 1 aliphatic heterocycles. The molecule has 0 saturated heterocycles. The van der Waals surface area contributed by atoms with Gasteiger partial charge in [-0.05, 0) is 35.4 Å². The summed E-state index contributed by atoms with van der Waals surface area (Å²) in [7, 11) is 0. The van der Waals surface area contributed by atoms with Crippen LogP contribution in [0.3, 0.4) is 0 Å². The van der Waals surface area contributed by atoms with Crippen LogP contribution in [0.1, 0.15) is 17.2 Å². The maximum atomic E-state index is 14.9. The molecule has 0 bridgehead atoms. The van der Waals surface area contributed by atoms with Crippen molar-refractivity contribution in [2.45, 2.75) is 12.6 Å². The van der Waals surface area contributed by atoms with Crippen molar-refractivity contribution in [2.24, 2.45) is 0 Å². The van der Waals surface area contributed by atoms with Crippen molar-refractivity contribution in [2.75, 3.05) is 10.6 Å². The Kier molecular flexibility index (Phi) is 6.17. The summed E-state index contributed by atoms with van der Waals surface area (Å²) in [6, 6.07) is 12.7. The first-order valence-electron chi connectivity index (χ1n) is 10.8. The Bertz CT molecular complexity index is 1520. The summed E-state index contributed by atoms with van der Waals surface area (Å²) in [5.74, 6) is -1.06. The van der Waals surface area contributed by atoms with Gasteiger partial charge in [-0.3, -0.25) is 24.5 Å². The highest BCUT2D eigenvalue weighted by Crippen LogP contribution is 2.35. The number of fused-ring (bicyclic) bond motifs is 1. The summed E-state index contributed by atoms with van der Waals surface area (Å²) in [5, 5.41) is 5.65. The number of benzene rings is 2. The summed E-state index contributed by atoms with van der Waals surface area (Å²) >= 11 is 5.85. The van der Waals surface area contributed by atoms with Gasteiger partial charge in [0, 0.05) is 31.2 Å². The minimum atomic E-state index is -1.00. The zero-order valence-electron chi connectivity index (χ0n) is 18.6. The summed E-state index contributed by atoms with van der Waals surface area (Å²) < 4.78 is 16.2. The summed E-state index contributed by atoms with van der Waals surface area (Å²) in [6.07, 6.45) is 5.33. The van der Waals surface area contributed by atoms with E-state index in [9.17, 15) is 18.8 Å². The highest BCUT2D eigenvalue weighted by atomic mass is 35.5. The molecule has 0 aliphatic carbocycles. The fourth-order valence-corrected chi connectivity index (χ4v) is 4.12. The summed E-state index contributed by atoms with van der Waals surface area (Å²) in [4.78, 5) is 47.6. The van der Waals surface area contributed by atoms with Crippen LogP contribution in [0.15, 0.2) is 84.2 Å². The maximum Gasteiger partial charge on any atom is 0.324 e. The molecule has 3 amide bonds. The predicted molar refractivity (Wildman–Crippen MR) is 131 cm³/mol. The second-order valence-corrected chi connectivity index (χ2v) is 8.40. The molecule has 11 heteroatoms. The molecule has 3 heterocycles. The van der Waals surface area contributed by atoms with Gasteiger partial charge in [0.1, 0.15) is 17.7 Å². The first-order chi connectivity index (χ1) is 17.4. The number of pyridine rings is 1. The standard InChI is InChI=1S/C25H18ClFN6O3/c26-16-5-8-21(29-12-16)31-25(36)33-14-15-3-1-2-4-18(15)23(33)24(35)30-20-7-6-17(11-19(20)27)32-10-9-28-13-22(32)34/h1-13,23H,14H2,(H,30,35)(H,29,31,36). The van der Waals surface area contributed by atoms with Gasteiger partial charge < -0.3 is 10.2 Å². The number of amides is 3. The molecule has 180 valence electrons. The van der Waals surface area contributed by atoms with Gasteiger partial charge in [-0.2, -0.15) is 0 Å². The number of anilines is 2. The van der Waals surface area contributed by atoms with E-state index in [1.54, 1.807) is 24.3 Å². The maximum absolute atomic E-state index is 14.9. The smallest absolute Gasteiger partial charge is 0.321 e. The third-order valence-corrected chi connectivity index (χ3v) is 5.91. The Hall–Kier alpha value is -4.57. The van der Waals surface area contributed by atoms with Crippen LogP contribution in [0, 0.1) is 5.82 Å². The first kappa shape index (κ1) is 23.2. The van der Waals surface area contributed by atoms with E-state index in [0.717, 1.165) is 17.8 Å². The summed E-state index contributed by atoms with van der Waals surface area (Å²) in [6.45, 7) is 0.181. The van der Waals surface area contributed by atoms with E-state index in [4.69, 9.17) is 11.6 Å². The number of rotatable bonds is 4. The van der Waals surface area contributed by atoms with Gasteiger partial charge in [0.2, 0.25) is 0 Å². The molecule has 9 nitrogen and oxygen atoms in total. The third kappa shape index (κ3) is 4.53. The van der Waals surface area contributed by atoms with Gasteiger partial charge in [-0.1, -0.05) is 35.9 Å². The van der Waals surface area contributed by atoms with Crippen LogP contribution >= 0.6 is 11.6 Å². The molecule has 1 aliphatic rings. The van der Waals surface area contributed by atoms with E-state index in [0.29, 0.717) is 10.6 Å². The van der Waals surface area contributed by atoms with Gasteiger partial charge in [-0.25, -0.2) is 14.2 Å². The Morgan fingerprint density at radius 3 is 2.64 bits per heavy atom. The van der Waals surface area contributed by atoms with Crippen molar-refractivity contribution in [1.29, 1.82) is 0 Å². The molecule has 0 fully saturated rings. The van der Waals surface area contributed by atoms with Crippen molar-refractivity contribution >= 4 is 35.0 Å². The molecule has 4 aromatic rings. The molecular formula is C25H18ClFN6O3. The van der Waals surface area contributed by atoms with E-state index in [-0.39, 0.29) is 23.7 Å². The van der Waals surface area contributed by atoms with Crippen LogP contribution in [0.4, 0.5) is 20.7 Å². The molecule has 0 spiro atoms. The van der Waals surface area contributed by atoms with Gasteiger partial charge in [0.15, 0.2) is 0 Å². The first-order valence-corrected chi connectivity index (χ1v) is 11.2. The molecule has 2 aromatic carbocycles. The van der Waals surface area contributed by atoms with Crippen LogP contribution in [0.2, 0.25) is 5.02 Å².